The van der Waals surface area contributed by atoms with Crippen LogP contribution in [0.4, 0.5) is 0 Å². The summed E-state index contributed by atoms with van der Waals surface area (Å²) in [6, 6.07) is 7.77. The number of nitrogens with zero attached hydrogens (tertiary/aromatic N) is 3. The van der Waals surface area contributed by atoms with Crippen LogP contribution in [-0.4, -0.2) is 27.9 Å². The van der Waals surface area contributed by atoms with Gasteiger partial charge in [0, 0.05) is 11.6 Å². The lowest BCUT2D eigenvalue weighted by molar-refractivity contribution is 0.376. The third-order valence-electron chi connectivity index (χ3n) is 3.06. The van der Waals surface area contributed by atoms with Crippen LogP contribution in [0, 0.1) is 0 Å². The largest absolute Gasteiger partial charge is 0.496 e. The van der Waals surface area contributed by atoms with Gasteiger partial charge in [-0.2, -0.15) is 5.10 Å². The number of rotatable bonds is 5. The maximum absolute atomic E-state index is 6.22. The van der Waals surface area contributed by atoms with Crippen LogP contribution in [0.2, 0.25) is 0 Å². The van der Waals surface area contributed by atoms with Crippen molar-refractivity contribution in [2.45, 2.75) is 25.4 Å². The molecule has 1 heterocycles. The maximum atomic E-state index is 6.22. The van der Waals surface area contributed by atoms with E-state index in [4.69, 9.17) is 10.5 Å². The number of benzene rings is 1. The molecule has 0 fully saturated rings. The Morgan fingerprint density at radius 2 is 2.17 bits per heavy atom. The van der Waals surface area contributed by atoms with Gasteiger partial charge in [-0.25, -0.2) is 9.67 Å². The van der Waals surface area contributed by atoms with Gasteiger partial charge in [0.25, 0.3) is 0 Å². The first kappa shape index (κ1) is 12.6. The van der Waals surface area contributed by atoms with Crippen molar-refractivity contribution in [1.82, 2.24) is 14.8 Å². The minimum absolute atomic E-state index is 0.0389. The zero-order valence-corrected chi connectivity index (χ0v) is 10.7. The van der Waals surface area contributed by atoms with E-state index < -0.39 is 0 Å². The Morgan fingerprint density at radius 1 is 1.39 bits per heavy atom. The van der Waals surface area contributed by atoms with Crippen molar-refractivity contribution in [3.63, 3.8) is 0 Å². The SMILES string of the molecule is CCC(N)C(c1ccccc1OC)n1cncn1. The summed E-state index contributed by atoms with van der Waals surface area (Å²) in [6.45, 7) is 2.06. The van der Waals surface area contributed by atoms with Crippen molar-refractivity contribution >= 4 is 0 Å². The minimum Gasteiger partial charge on any atom is -0.496 e. The van der Waals surface area contributed by atoms with Crippen LogP contribution in [0.3, 0.4) is 0 Å². The van der Waals surface area contributed by atoms with Crippen LogP contribution in [0.5, 0.6) is 5.75 Å². The molecular weight excluding hydrogens is 228 g/mol. The Kier molecular flexibility index (Phi) is 3.94. The van der Waals surface area contributed by atoms with Crippen molar-refractivity contribution in [3.05, 3.63) is 42.5 Å². The summed E-state index contributed by atoms with van der Waals surface area (Å²) in [7, 11) is 1.66. The van der Waals surface area contributed by atoms with E-state index in [2.05, 4.69) is 17.0 Å². The molecule has 0 saturated heterocycles. The van der Waals surface area contributed by atoms with E-state index in [1.807, 2.05) is 24.3 Å². The van der Waals surface area contributed by atoms with Gasteiger partial charge in [0.1, 0.15) is 18.4 Å². The smallest absolute Gasteiger partial charge is 0.137 e. The van der Waals surface area contributed by atoms with E-state index in [1.165, 1.54) is 6.33 Å². The fourth-order valence-corrected chi connectivity index (χ4v) is 2.06. The van der Waals surface area contributed by atoms with Gasteiger partial charge in [0.05, 0.1) is 13.2 Å². The Bertz CT molecular complexity index is 483. The van der Waals surface area contributed by atoms with Crippen LogP contribution in [-0.2, 0) is 0 Å². The summed E-state index contributed by atoms with van der Waals surface area (Å²) in [5.41, 5.74) is 7.25. The van der Waals surface area contributed by atoms with Gasteiger partial charge < -0.3 is 10.5 Å². The average molecular weight is 246 g/mol. The summed E-state index contributed by atoms with van der Waals surface area (Å²) in [5.74, 6) is 0.821. The normalized spacial score (nSPS) is 14.2. The Hall–Kier alpha value is -1.88. The van der Waals surface area contributed by atoms with Crippen molar-refractivity contribution in [3.8, 4) is 5.75 Å². The highest BCUT2D eigenvalue weighted by molar-refractivity contribution is 5.37. The van der Waals surface area contributed by atoms with Gasteiger partial charge in [-0.15, -0.1) is 0 Å². The topological polar surface area (TPSA) is 66.0 Å². The third kappa shape index (κ3) is 2.36. The maximum Gasteiger partial charge on any atom is 0.137 e. The van der Waals surface area contributed by atoms with Gasteiger partial charge >= 0.3 is 0 Å². The number of hydrogen-bond acceptors (Lipinski definition) is 4. The highest BCUT2D eigenvalue weighted by Gasteiger charge is 2.24. The van der Waals surface area contributed by atoms with E-state index in [0.29, 0.717) is 0 Å². The predicted molar refractivity (Wildman–Crippen MR) is 69.4 cm³/mol. The summed E-state index contributed by atoms with van der Waals surface area (Å²) >= 11 is 0. The lowest BCUT2D eigenvalue weighted by Crippen LogP contribution is -2.33. The molecule has 5 nitrogen and oxygen atoms in total. The van der Waals surface area contributed by atoms with Crippen molar-refractivity contribution in [2.75, 3.05) is 7.11 Å². The average Bonchev–Trinajstić information content (AvgIpc) is 2.93. The van der Waals surface area contributed by atoms with Crippen LogP contribution >= 0.6 is 0 Å². The van der Waals surface area contributed by atoms with Crippen molar-refractivity contribution in [2.24, 2.45) is 5.73 Å². The van der Waals surface area contributed by atoms with E-state index in [9.17, 15) is 0 Å². The molecule has 0 saturated carbocycles. The highest BCUT2D eigenvalue weighted by Crippen LogP contribution is 2.29. The van der Waals surface area contributed by atoms with Gasteiger partial charge in [-0.1, -0.05) is 25.1 Å². The van der Waals surface area contributed by atoms with Crippen molar-refractivity contribution in [1.29, 1.82) is 0 Å². The van der Waals surface area contributed by atoms with Gasteiger partial charge in [0.15, 0.2) is 0 Å². The van der Waals surface area contributed by atoms with Crippen LogP contribution in [0.1, 0.15) is 24.9 Å². The number of hydrogen-bond donors (Lipinski definition) is 1. The quantitative estimate of drug-likeness (QED) is 0.870. The van der Waals surface area contributed by atoms with E-state index >= 15 is 0 Å². The standard InChI is InChI=1S/C13H18N4O/c1-3-11(14)13(17-9-15-8-16-17)10-6-4-5-7-12(10)18-2/h4-9,11,13H,3,14H2,1-2H3. The minimum atomic E-state index is -0.0614. The second kappa shape index (κ2) is 5.64. The predicted octanol–water partition coefficient (Wildman–Crippen LogP) is 1.61. The molecule has 0 aliphatic heterocycles. The molecule has 0 bridgehead atoms. The molecule has 2 unspecified atom stereocenters. The second-order valence-electron chi connectivity index (χ2n) is 4.13. The molecule has 0 spiro atoms. The molecule has 18 heavy (non-hydrogen) atoms. The first-order valence-corrected chi connectivity index (χ1v) is 6.00. The lowest BCUT2D eigenvalue weighted by atomic mass is 9.97. The summed E-state index contributed by atoms with van der Waals surface area (Å²) in [4.78, 5) is 4.00. The zero-order chi connectivity index (χ0) is 13.0. The highest BCUT2D eigenvalue weighted by atomic mass is 16.5. The molecule has 0 aliphatic carbocycles. The first-order valence-electron chi connectivity index (χ1n) is 6.00. The lowest BCUT2D eigenvalue weighted by Gasteiger charge is -2.24. The molecule has 1 aromatic carbocycles. The van der Waals surface area contributed by atoms with Gasteiger partial charge in [0.2, 0.25) is 0 Å². The molecule has 1 aromatic heterocycles. The van der Waals surface area contributed by atoms with Crippen molar-refractivity contribution < 1.29 is 4.74 Å². The van der Waals surface area contributed by atoms with Crippen LogP contribution in [0.15, 0.2) is 36.9 Å². The zero-order valence-electron chi connectivity index (χ0n) is 10.7. The number of aromatic nitrogens is 3. The molecular formula is C13H18N4O. The molecule has 2 aromatic rings. The van der Waals surface area contributed by atoms with E-state index in [-0.39, 0.29) is 12.1 Å². The third-order valence-corrected chi connectivity index (χ3v) is 3.06. The molecule has 0 radical (unpaired) electrons. The van der Waals surface area contributed by atoms with Gasteiger partial charge in [-0.05, 0) is 12.5 Å². The second-order valence-corrected chi connectivity index (χ2v) is 4.13. The Labute approximate surface area is 107 Å². The fourth-order valence-electron chi connectivity index (χ4n) is 2.06. The molecule has 2 atom stereocenters. The fraction of sp³-hybridized carbons (Fsp3) is 0.385. The van der Waals surface area contributed by atoms with Crippen LogP contribution in [0.25, 0.3) is 0 Å². The summed E-state index contributed by atoms with van der Waals surface area (Å²) < 4.78 is 7.19. The molecule has 2 N–H and O–H groups in total. The molecule has 2 rings (SSSR count). The molecule has 0 amide bonds. The summed E-state index contributed by atoms with van der Waals surface area (Å²) in [6.07, 6.45) is 4.06. The number of para-hydroxylation sites is 1. The van der Waals surface area contributed by atoms with E-state index in [0.717, 1.165) is 17.7 Å². The first-order chi connectivity index (χ1) is 8.77. The Balaban J connectivity index is 2.46. The summed E-state index contributed by atoms with van der Waals surface area (Å²) in [5, 5.41) is 4.21. The van der Waals surface area contributed by atoms with E-state index in [1.54, 1.807) is 18.1 Å². The molecule has 96 valence electrons. The molecule has 5 heteroatoms. The Morgan fingerprint density at radius 3 is 2.78 bits per heavy atom. The van der Waals surface area contributed by atoms with Gasteiger partial charge in [-0.3, -0.25) is 0 Å². The number of ether oxygens (including phenoxy) is 1. The number of methoxy groups -OCH3 is 1. The number of nitrogens with two attached hydrogens (primary N) is 1. The monoisotopic (exact) mass is 246 g/mol. The molecule has 0 aliphatic rings. The van der Waals surface area contributed by atoms with Crippen LogP contribution < -0.4 is 10.5 Å².